The van der Waals surface area contributed by atoms with Crippen LogP contribution in [0.3, 0.4) is 0 Å². The van der Waals surface area contributed by atoms with Crippen LogP contribution in [0.25, 0.3) is 0 Å². The van der Waals surface area contributed by atoms with Gasteiger partial charge < -0.3 is 15.2 Å². The Bertz CT molecular complexity index is 708. The van der Waals surface area contributed by atoms with Gasteiger partial charge >= 0.3 is 5.97 Å². The van der Waals surface area contributed by atoms with E-state index in [9.17, 15) is 9.59 Å². The zero-order valence-electron chi connectivity index (χ0n) is 11.1. The monoisotopic (exact) mass is 304 g/mol. The fourth-order valence-corrected chi connectivity index (χ4v) is 3.33. The summed E-state index contributed by atoms with van der Waals surface area (Å²) in [6.45, 7) is 0. The second kappa shape index (κ2) is 5.17. The molecule has 0 aliphatic carbocycles. The molecule has 0 unspecified atom stereocenters. The molecule has 1 aliphatic rings. The number of hydrogen-bond acceptors (Lipinski definition) is 5. The van der Waals surface area contributed by atoms with Crippen molar-refractivity contribution in [3.8, 4) is 5.75 Å². The van der Waals surface area contributed by atoms with Gasteiger partial charge in [0.25, 0.3) is 0 Å². The highest BCUT2D eigenvalue weighted by Gasteiger charge is 2.32. The molecule has 0 spiro atoms. The van der Waals surface area contributed by atoms with Crippen LogP contribution < -0.4 is 10.1 Å². The molecular formula is C14H12N2O4S. The summed E-state index contributed by atoms with van der Waals surface area (Å²) >= 11 is 1.12. The quantitative estimate of drug-likeness (QED) is 0.908. The van der Waals surface area contributed by atoms with E-state index in [4.69, 9.17) is 9.84 Å². The van der Waals surface area contributed by atoms with Gasteiger partial charge in [0.15, 0.2) is 5.69 Å². The van der Waals surface area contributed by atoms with Crippen molar-refractivity contribution in [2.24, 2.45) is 0 Å². The highest BCUT2D eigenvalue weighted by molar-refractivity contribution is 7.06. The molecule has 3 rings (SSSR count). The van der Waals surface area contributed by atoms with Gasteiger partial charge in [-0.05, 0) is 29.2 Å². The first-order valence-corrected chi connectivity index (χ1v) is 7.04. The average molecular weight is 304 g/mol. The Labute approximate surface area is 124 Å². The molecule has 7 heteroatoms. The number of amides is 1. The van der Waals surface area contributed by atoms with E-state index in [0.29, 0.717) is 5.69 Å². The van der Waals surface area contributed by atoms with Crippen LogP contribution in [-0.4, -0.2) is 28.5 Å². The fraction of sp³-hybridized carbons (Fsp3) is 0.214. The summed E-state index contributed by atoms with van der Waals surface area (Å²) in [7, 11) is 1.59. The third-order valence-electron chi connectivity index (χ3n) is 3.41. The van der Waals surface area contributed by atoms with Crippen molar-refractivity contribution in [3.05, 3.63) is 40.4 Å². The van der Waals surface area contributed by atoms with Crippen molar-refractivity contribution in [3.63, 3.8) is 0 Å². The number of carboxylic acid groups (broad SMARTS) is 1. The van der Waals surface area contributed by atoms with Crippen LogP contribution in [-0.2, 0) is 4.79 Å². The first kappa shape index (κ1) is 13.6. The minimum atomic E-state index is -1.14. The Hall–Kier alpha value is -2.41. The predicted molar refractivity (Wildman–Crippen MR) is 77.2 cm³/mol. The number of ether oxygens (including phenoxy) is 1. The fourth-order valence-electron chi connectivity index (χ4n) is 2.38. The lowest BCUT2D eigenvalue weighted by Gasteiger charge is -2.22. The summed E-state index contributed by atoms with van der Waals surface area (Å²) in [5.41, 5.74) is 1.17. The van der Waals surface area contributed by atoms with Crippen molar-refractivity contribution in [2.45, 2.75) is 12.3 Å². The summed E-state index contributed by atoms with van der Waals surface area (Å²) in [5.74, 6) is -0.783. The normalized spacial score (nSPS) is 17.0. The van der Waals surface area contributed by atoms with Crippen molar-refractivity contribution in [1.82, 2.24) is 4.37 Å². The van der Waals surface area contributed by atoms with E-state index >= 15 is 0 Å². The van der Waals surface area contributed by atoms with Crippen LogP contribution in [0.5, 0.6) is 5.75 Å². The first-order chi connectivity index (χ1) is 10.1. The number of aromatic nitrogens is 1. The van der Waals surface area contributed by atoms with Crippen molar-refractivity contribution in [2.75, 3.05) is 12.4 Å². The molecule has 0 saturated heterocycles. The molecule has 2 N–H and O–H groups in total. The lowest BCUT2D eigenvalue weighted by molar-refractivity contribution is -0.116. The molecule has 2 heterocycles. The molecular weight excluding hydrogens is 292 g/mol. The number of hydrogen-bond donors (Lipinski definition) is 2. The van der Waals surface area contributed by atoms with Gasteiger partial charge in [-0.1, -0.05) is 12.1 Å². The third kappa shape index (κ3) is 2.36. The zero-order valence-corrected chi connectivity index (χ0v) is 11.9. The number of nitrogens with zero attached hydrogens (tertiary/aromatic N) is 1. The first-order valence-electron chi connectivity index (χ1n) is 6.27. The van der Waals surface area contributed by atoms with E-state index in [-0.39, 0.29) is 23.9 Å². The highest BCUT2D eigenvalue weighted by atomic mass is 32.1. The summed E-state index contributed by atoms with van der Waals surface area (Å²) in [6, 6.07) is 7.40. The molecule has 108 valence electrons. The molecule has 2 aromatic rings. The van der Waals surface area contributed by atoms with Crippen LogP contribution in [0.4, 0.5) is 5.69 Å². The maximum absolute atomic E-state index is 11.9. The number of rotatable bonds is 3. The lowest BCUT2D eigenvalue weighted by atomic mass is 9.90. The average Bonchev–Trinajstić information content (AvgIpc) is 2.90. The minimum Gasteiger partial charge on any atom is -0.497 e. The number of nitrogens with one attached hydrogen (secondary N) is 1. The van der Waals surface area contributed by atoms with Gasteiger partial charge in [-0.3, -0.25) is 4.79 Å². The number of carbonyl (C=O) groups is 2. The second-order valence-corrected chi connectivity index (χ2v) is 5.46. The van der Waals surface area contributed by atoms with E-state index in [1.165, 1.54) is 0 Å². The van der Waals surface area contributed by atoms with E-state index in [1.54, 1.807) is 7.11 Å². The number of aromatic carboxylic acids is 1. The van der Waals surface area contributed by atoms with E-state index in [1.807, 2.05) is 24.3 Å². The third-order valence-corrected chi connectivity index (χ3v) is 4.37. The number of carbonyl (C=O) groups excluding carboxylic acids is 1. The van der Waals surface area contributed by atoms with E-state index in [2.05, 4.69) is 9.69 Å². The van der Waals surface area contributed by atoms with Crippen molar-refractivity contribution < 1.29 is 19.4 Å². The second-order valence-electron chi connectivity index (χ2n) is 4.65. The molecule has 1 aliphatic heterocycles. The molecule has 1 aromatic heterocycles. The van der Waals surface area contributed by atoms with Gasteiger partial charge in [0.2, 0.25) is 5.91 Å². The van der Waals surface area contributed by atoms with Gasteiger partial charge in [-0.2, -0.15) is 4.37 Å². The molecule has 1 aromatic carbocycles. The van der Waals surface area contributed by atoms with Crippen LogP contribution in [0.2, 0.25) is 0 Å². The summed E-state index contributed by atoms with van der Waals surface area (Å²) in [6.07, 6.45) is 0.278. The Morgan fingerprint density at radius 1 is 1.43 bits per heavy atom. The van der Waals surface area contributed by atoms with Gasteiger partial charge in [-0.15, -0.1) is 0 Å². The van der Waals surface area contributed by atoms with Crippen LogP contribution in [0.1, 0.15) is 33.3 Å². The van der Waals surface area contributed by atoms with Gasteiger partial charge in [0.1, 0.15) is 5.75 Å². The standard InChI is InChI=1S/C14H12N2O4S/c1-20-8-4-2-7(3-5-8)9-6-10(17)15-11-12(14(18)19)16-21-13(9)11/h2-5,9H,6H2,1H3,(H,15,17)(H,18,19)/t9-/m0/s1. The van der Waals surface area contributed by atoms with Gasteiger partial charge in [0, 0.05) is 12.3 Å². The van der Waals surface area contributed by atoms with Crippen LogP contribution in [0, 0.1) is 0 Å². The van der Waals surface area contributed by atoms with Crippen molar-refractivity contribution in [1.29, 1.82) is 0 Å². The maximum atomic E-state index is 11.9. The highest BCUT2D eigenvalue weighted by Crippen LogP contribution is 2.41. The van der Waals surface area contributed by atoms with Crippen molar-refractivity contribution >= 4 is 29.1 Å². The Kier molecular flexibility index (Phi) is 3.34. The number of fused-ring (bicyclic) bond motifs is 1. The summed E-state index contributed by atoms with van der Waals surface area (Å²) in [4.78, 5) is 23.8. The topological polar surface area (TPSA) is 88.5 Å². The lowest BCUT2D eigenvalue weighted by Crippen LogP contribution is -2.23. The molecule has 0 saturated carbocycles. The summed E-state index contributed by atoms with van der Waals surface area (Å²) < 4.78 is 9.06. The van der Waals surface area contributed by atoms with Crippen LogP contribution in [0.15, 0.2) is 24.3 Å². The number of carboxylic acids is 1. The molecule has 21 heavy (non-hydrogen) atoms. The number of benzene rings is 1. The van der Waals surface area contributed by atoms with Crippen LogP contribution >= 0.6 is 11.5 Å². The van der Waals surface area contributed by atoms with Gasteiger partial charge in [-0.25, -0.2) is 4.79 Å². The predicted octanol–water partition coefficient (Wildman–Crippen LogP) is 2.32. The summed E-state index contributed by atoms with van der Waals surface area (Å²) in [5, 5.41) is 11.7. The Morgan fingerprint density at radius 3 is 2.76 bits per heavy atom. The molecule has 0 radical (unpaired) electrons. The largest absolute Gasteiger partial charge is 0.497 e. The molecule has 1 amide bonds. The zero-order chi connectivity index (χ0) is 15.0. The number of anilines is 1. The Balaban J connectivity index is 2.04. The minimum absolute atomic E-state index is 0.0958. The molecule has 0 bridgehead atoms. The molecule has 0 fully saturated rings. The van der Waals surface area contributed by atoms with Gasteiger partial charge in [0.05, 0.1) is 17.7 Å². The van der Waals surface area contributed by atoms with E-state index in [0.717, 1.165) is 27.7 Å². The molecule has 1 atom stereocenters. The van der Waals surface area contributed by atoms with E-state index < -0.39 is 5.97 Å². The Morgan fingerprint density at radius 2 is 2.14 bits per heavy atom. The number of methoxy groups -OCH3 is 1. The molecule has 6 nitrogen and oxygen atoms in total. The smallest absolute Gasteiger partial charge is 0.357 e. The SMILES string of the molecule is COc1ccc([C@@H]2CC(=O)Nc3c(C(=O)O)nsc32)cc1. The maximum Gasteiger partial charge on any atom is 0.357 e.